The molecule has 2 aliphatic heterocycles. The highest BCUT2D eigenvalue weighted by Crippen LogP contribution is 2.64. The predicted molar refractivity (Wildman–Crippen MR) is 183 cm³/mol. The largest absolute Gasteiger partial charge is 0.505 e. The van der Waals surface area contributed by atoms with E-state index in [4.69, 9.17) is 0 Å². The van der Waals surface area contributed by atoms with Gasteiger partial charge < -0.3 is 5.11 Å². The molecule has 4 aliphatic rings. The van der Waals surface area contributed by atoms with Crippen LogP contribution >= 0.6 is 15.9 Å². The molecule has 4 amide bonds. The van der Waals surface area contributed by atoms with Crippen LogP contribution in [0.15, 0.2) is 113 Å². The van der Waals surface area contributed by atoms with Crippen molar-refractivity contribution in [3.63, 3.8) is 0 Å². The molecule has 0 radical (unpaired) electrons. The van der Waals surface area contributed by atoms with Gasteiger partial charge in [-0.1, -0.05) is 81.7 Å². The second kappa shape index (κ2) is 11.5. The number of aryl methyl sites for hydroxylation is 1. The van der Waals surface area contributed by atoms with Crippen molar-refractivity contribution >= 4 is 50.9 Å². The average Bonchev–Trinajstić information content (AvgIpc) is 3.48. The fraction of sp³-hybridized carbons (Fsp3) is 0.231. The zero-order chi connectivity index (χ0) is 34.2. The van der Waals surface area contributed by atoms with Crippen LogP contribution in [-0.2, 0) is 24.6 Å². The lowest BCUT2D eigenvalue weighted by Crippen LogP contribution is -2.53. The van der Waals surface area contributed by atoms with Crippen molar-refractivity contribution in [2.75, 3.05) is 10.3 Å². The molecule has 2 heterocycles. The molecule has 49 heavy (non-hydrogen) atoms. The van der Waals surface area contributed by atoms with Gasteiger partial charge in [0, 0.05) is 10.4 Å². The predicted octanol–water partition coefficient (Wildman–Crippen LogP) is 6.79. The summed E-state index contributed by atoms with van der Waals surface area (Å²) < 4.78 is 16.0. The van der Waals surface area contributed by atoms with E-state index in [2.05, 4.69) is 21.4 Å². The molecule has 0 aromatic heterocycles. The number of nitrogens with one attached hydrogen (secondary N) is 1. The zero-order valence-corrected chi connectivity index (χ0v) is 27.9. The Balaban J connectivity index is 1.32. The van der Waals surface area contributed by atoms with E-state index < -0.39 is 58.4 Å². The Morgan fingerprint density at radius 2 is 1.57 bits per heavy atom. The van der Waals surface area contributed by atoms with E-state index in [1.54, 1.807) is 54.6 Å². The van der Waals surface area contributed by atoms with E-state index in [1.165, 1.54) is 17.0 Å². The fourth-order valence-electron chi connectivity index (χ4n) is 8.67. The number of hydrogen-bond donors (Lipinski definition) is 2. The Hall–Kier alpha value is -5.09. The summed E-state index contributed by atoms with van der Waals surface area (Å²) in [7, 11) is 0. The minimum Gasteiger partial charge on any atom is -0.505 e. The van der Waals surface area contributed by atoms with Crippen molar-refractivity contribution < 1.29 is 28.7 Å². The SMILES string of the molecule is Cc1ccc(NN2C(=O)[C@@H]3C[C@@H]4C(=CC[C@@H]5C(=O)N(c6ccc(Br)cc6)C(=O)[C@@H]54)[C@H](c4ccc(O)c(F)c4)[C@]3(c3ccccc3)C2=O)cc1. The van der Waals surface area contributed by atoms with E-state index in [0.717, 1.165) is 15.0 Å². The third-order valence-corrected chi connectivity index (χ3v) is 11.3. The minimum atomic E-state index is -1.52. The highest BCUT2D eigenvalue weighted by molar-refractivity contribution is 9.10. The number of phenols is 1. The summed E-state index contributed by atoms with van der Waals surface area (Å²) in [5.74, 6) is -6.93. The molecule has 2 N–H and O–H groups in total. The number of nitrogens with zero attached hydrogens (tertiary/aromatic N) is 2. The number of fused-ring (bicyclic) bond motifs is 4. The molecule has 0 spiro atoms. The van der Waals surface area contributed by atoms with Gasteiger partial charge in [0.15, 0.2) is 11.6 Å². The van der Waals surface area contributed by atoms with Crippen molar-refractivity contribution in [2.24, 2.45) is 23.7 Å². The molecule has 4 aromatic carbocycles. The van der Waals surface area contributed by atoms with Crippen LogP contribution in [0.3, 0.4) is 0 Å². The summed E-state index contributed by atoms with van der Waals surface area (Å²) >= 11 is 3.41. The zero-order valence-electron chi connectivity index (χ0n) is 26.3. The second-order valence-electron chi connectivity index (χ2n) is 13.3. The normalized spacial score (nSPS) is 27.5. The number of rotatable bonds is 5. The monoisotopic (exact) mass is 719 g/mol. The van der Waals surface area contributed by atoms with Crippen LogP contribution in [0.5, 0.6) is 5.75 Å². The molecular weight excluding hydrogens is 689 g/mol. The highest BCUT2D eigenvalue weighted by Gasteiger charge is 2.70. The lowest BCUT2D eigenvalue weighted by molar-refractivity contribution is -0.138. The number of benzene rings is 4. The standard InChI is InChI=1S/C39H31BrFN3O5/c1-21-7-12-25(13-8-21)42-44-36(47)30-20-29-27(16-17-28-33(29)37(48)43(35(28)46)26-14-10-24(40)11-15-26)34(22-9-18-32(45)31(41)19-22)39(30,38(44)49)23-5-3-2-4-6-23/h2-16,18-19,28-30,33-34,42,45H,17,20H2,1H3/t28-,29+,30-,33-,34-,39+/m0/s1. The Kier molecular flexibility index (Phi) is 7.33. The van der Waals surface area contributed by atoms with Crippen LogP contribution in [0, 0.1) is 36.4 Å². The molecule has 1 saturated carbocycles. The summed E-state index contributed by atoms with van der Waals surface area (Å²) in [6, 6.07) is 27.3. The molecule has 8 nitrogen and oxygen atoms in total. The van der Waals surface area contributed by atoms with Crippen molar-refractivity contribution in [1.82, 2.24) is 5.01 Å². The van der Waals surface area contributed by atoms with E-state index in [0.29, 0.717) is 28.1 Å². The fourth-order valence-corrected chi connectivity index (χ4v) is 8.93. The van der Waals surface area contributed by atoms with Crippen molar-refractivity contribution in [3.05, 3.63) is 136 Å². The van der Waals surface area contributed by atoms with Gasteiger partial charge in [0.1, 0.15) is 0 Å². The maximum atomic E-state index is 15.2. The molecule has 0 bridgehead atoms. The first-order valence-electron chi connectivity index (χ1n) is 16.2. The number of allylic oxidation sites excluding steroid dienone is 2. The molecule has 0 unspecified atom stereocenters. The maximum Gasteiger partial charge on any atom is 0.260 e. The number of carbonyl (C=O) groups excluding carboxylic acids is 4. The molecule has 10 heteroatoms. The van der Waals surface area contributed by atoms with Crippen LogP contribution in [0.2, 0.25) is 0 Å². The van der Waals surface area contributed by atoms with Gasteiger partial charge in [-0.25, -0.2) is 4.39 Å². The maximum absolute atomic E-state index is 15.2. The van der Waals surface area contributed by atoms with Gasteiger partial charge >= 0.3 is 0 Å². The van der Waals surface area contributed by atoms with E-state index >= 15 is 9.18 Å². The van der Waals surface area contributed by atoms with Crippen LogP contribution in [0.4, 0.5) is 15.8 Å². The molecule has 2 saturated heterocycles. The van der Waals surface area contributed by atoms with Crippen molar-refractivity contribution in [2.45, 2.75) is 31.1 Å². The number of phenolic OH excluding ortho intramolecular Hbond substituents is 1. The average molecular weight is 721 g/mol. The van der Waals surface area contributed by atoms with Crippen LogP contribution in [0.25, 0.3) is 0 Å². The Labute approximate surface area is 290 Å². The van der Waals surface area contributed by atoms with Crippen molar-refractivity contribution in [1.29, 1.82) is 0 Å². The minimum absolute atomic E-state index is 0.128. The van der Waals surface area contributed by atoms with E-state index in [1.807, 2.05) is 43.3 Å². The lowest BCUT2D eigenvalue weighted by atomic mass is 9.49. The Morgan fingerprint density at radius 3 is 2.27 bits per heavy atom. The number of imide groups is 2. The lowest BCUT2D eigenvalue weighted by Gasteiger charge is -2.50. The van der Waals surface area contributed by atoms with Gasteiger partial charge in [-0.2, -0.15) is 5.01 Å². The third-order valence-electron chi connectivity index (χ3n) is 10.8. The molecule has 246 valence electrons. The quantitative estimate of drug-likeness (QED) is 0.174. The number of hydrogen-bond acceptors (Lipinski definition) is 6. The molecule has 3 fully saturated rings. The van der Waals surface area contributed by atoms with E-state index in [9.17, 15) is 19.5 Å². The summed E-state index contributed by atoms with van der Waals surface area (Å²) in [4.78, 5) is 59.3. The van der Waals surface area contributed by atoms with Crippen LogP contribution < -0.4 is 10.3 Å². The van der Waals surface area contributed by atoms with Gasteiger partial charge in [-0.05, 0) is 85.3 Å². The summed E-state index contributed by atoms with van der Waals surface area (Å²) in [6.45, 7) is 1.94. The van der Waals surface area contributed by atoms with Gasteiger partial charge in [-0.15, -0.1) is 0 Å². The third kappa shape index (κ3) is 4.60. The number of anilines is 2. The summed E-state index contributed by atoms with van der Waals surface area (Å²) in [6.07, 6.45) is 2.29. The second-order valence-corrected chi connectivity index (χ2v) is 14.2. The van der Waals surface area contributed by atoms with Gasteiger partial charge in [0.25, 0.3) is 11.8 Å². The molecular formula is C39H31BrFN3O5. The number of aromatic hydroxyl groups is 1. The molecule has 4 aromatic rings. The number of carbonyl (C=O) groups is 4. The first-order valence-corrected chi connectivity index (χ1v) is 17.0. The van der Waals surface area contributed by atoms with Gasteiger partial charge in [0.2, 0.25) is 11.8 Å². The highest BCUT2D eigenvalue weighted by atomic mass is 79.9. The molecule has 8 rings (SSSR count). The number of halogens is 2. The van der Waals surface area contributed by atoms with Crippen molar-refractivity contribution in [3.8, 4) is 5.75 Å². The number of hydrazine groups is 1. The summed E-state index contributed by atoms with van der Waals surface area (Å²) in [5, 5.41) is 11.3. The first-order chi connectivity index (χ1) is 23.6. The van der Waals surface area contributed by atoms with E-state index in [-0.39, 0.29) is 24.7 Å². The van der Waals surface area contributed by atoms with Crippen LogP contribution in [-0.4, -0.2) is 33.7 Å². The first kappa shape index (κ1) is 31.2. The van der Waals surface area contributed by atoms with Gasteiger partial charge in [-0.3, -0.25) is 29.5 Å². The molecule has 6 atom stereocenters. The number of amides is 4. The Bertz CT molecular complexity index is 2070. The Morgan fingerprint density at radius 1 is 0.857 bits per heavy atom. The molecule has 2 aliphatic carbocycles. The van der Waals surface area contributed by atoms with Gasteiger partial charge in [0.05, 0.1) is 34.5 Å². The smallest absolute Gasteiger partial charge is 0.260 e. The summed E-state index contributed by atoms with van der Waals surface area (Å²) in [5.41, 5.74) is 5.22. The topological polar surface area (TPSA) is 107 Å². The van der Waals surface area contributed by atoms with Crippen LogP contribution in [0.1, 0.15) is 35.4 Å².